The maximum Gasteiger partial charge on any atom is 0.343 e. The van der Waals surface area contributed by atoms with E-state index in [1.807, 2.05) is 18.2 Å². The molecular weight excluding hydrogens is 360 g/mol. The fraction of sp³-hybridized carbons (Fsp3) is 0.577. The Labute approximate surface area is 174 Å². The van der Waals surface area contributed by atoms with Crippen LogP contribution in [0.15, 0.2) is 39.5 Å². The minimum Gasteiger partial charge on any atom is -0.507 e. The minimum absolute atomic E-state index is 0.0560. The lowest BCUT2D eigenvalue weighted by atomic mass is 9.84. The van der Waals surface area contributed by atoms with Crippen molar-refractivity contribution in [2.24, 2.45) is 5.92 Å². The Morgan fingerprint density at radius 3 is 2.55 bits per heavy atom. The molecule has 0 aliphatic heterocycles. The van der Waals surface area contributed by atoms with E-state index in [1.165, 1.54) is 19.3 Å². The maximum absolute atomic E-state index is 13.2. The van der Waals surface area contributed by atoms with Crippen molar-refractivity contribution in [3.63, 3.8) is 0 Å². The first-order valence-corrected chi connectivity index (χ1v) is 11.6. The van der Waals surface area contributed by atoms with Crippen LogP contribution in [0, 0.1) is 5.92 Å². The Morgan fingerprint density at radius 2 is 1.83 bits per heavy atom. The smallest absolute Gasteiger partial charge is 0.343 e. The molecule has 1 aromatic heterocycles. The van der Waals surface area contributed by atoms with Gasteiger partial charge in [0.2, 0.25) is 0 Å². The van der Waals surface area contributed by atoms with Crippen molar-refractivity contribution in [1.82, 2.24) is 0 Å². The lowest BCUT2D eigenvalue weighted by molar-refractivity contribution is 0.356. The summed E-state index contributed by atoms with van der Waals surface area (Å²) in [5.74, 6) is 1.65. The summed E-state index contributed by atoms with van der Waals surface area (Å²) >= 11 is 0. The summed E-state index contributed by atoms with van der Waals surface area (Å²) in [5.41, 5.74) is 2.22. The highest BCUT2D eigenvalue weighted by Crippen LogP contribution is 2.49. The molecule has 4 rings (SSSR count). The standard InChI is InChI=1S/C26H34O3/c1-2-3-11-20-14-7-4-5-10-15-21-24(27)23(26(28)29-25(20)21)22(19-16-17-19)18-12-8-6-9-13-18/h6,8-9,12-13,19-20,22,27H,2-5,7,10-11,14-17H2,1H3. The average molecular weight is 395 g/mol. The molecule has 2 unspecified atom stereocenters. The minimum atomic E-state index is -0.317. The number of aromatic hydroxyl groups is 1. The first-order chi connectivity index (χ1) is 14.2. The van der Waals surface area contributed by atoms with Crippen LogP contribution < -0.4 is 5.63 Å². The summed E-state index contributed by atoms with van der Waals surface area (Å²) < 4.78 is 6.08. The van der Waals surface area contributed by atoms with Crippen molar-refractivity contribution in [1.29, 1.82) is 0 Å². The molecule has 0 amide bonds. The third kappa shape index (κ3) is 4.44. The molecule has 2 atom stereocenters. The van der Waals surface area contributed by atoms with Crippen molar-refractivity contribution in [3.8, 4) is 5.75 Å². The number of unbranched alkanes of at least 4 members (excludes halogenated alkanes) is 1. The Morgan fingerprint density at radius 1 is 1.07 bits per heavy atom. The molecule has 0 radical (unpaired) electrons. The summed E-state index contributed by atoms with van der Waals surface area (Å²) in [7, 11) is 0. The lowest BCUT2D eigenvalue weighted by Crippen LogP contribution is -2.19. The third-order valence-corrected chi connectivity index (χ3v) is 6.83. The molecule has 29 heavy (non-hydrogen) atoms. The van der Waals surface area contributed by atoms with Crippen LogP contribution >= 0.6 is 0 Å². The normalized spacial score (nSPS) is 20.9. The van der Waals surface area contributed by atoms with Gasteiger partial charge in [0.1, 0.15) is 11.5 Å². The molecule has 0 bridgehead atoms. The van der Waals surface area contributed by atoms with Crippen LogP contribution in [0.2, 0.25) is 0 Å². The quantitative estimate of drug-likeness (QED) is 0.595. The molecule has 1 saturated carbocycles. The van der Waals surface area contributed by atoms with E-state index in [0.29, 0.717) is 11.5 Å². The van der Waals surface area contributed by atoms with Crippen molar-refractivity contribution in [2.75, 3.05) is 0 Å². The van der Waals surface area contributed by atoms with Crippen molar-refractivity contribution in [3.05, 3.63) is 63.2 Å². The van der Waals surface area contributed by atoms with E-state index < -0.39 is 0 Å². The predicted octanol–water partition coefficient (Wildman–Crippen LogP) is 6.67. The highest BCUT2D eigenvalue weighted by atomic mass is 16.4. The third-order valence-electron chi connectivity index (χ3n) is 6.83. The maximum atomic E-state index is 13.2. The number of rotatable bonds is 6. The largest absolute Gasteiger partial charge is 0.507 e. The molecule has 1 heterocycles. The fourth-order valence-electron chi connectivity index (χ4n) is 5.11. The van der Waals surface area contributed by atoms with Crippen LogP contribution in [0.4, 0.5) is 0 Å². The Kier molecular flexibility index (Phi) is 6.42. The molecule has 1 fully saturated rings. The molecule has 2 aliphatic carbocycles. The summed E-state index contributed by atoms with van der Waals surface area (Å²) in [6.45, 7) is 2.20. The number of hydrogen-bond donors (Lipinski definition) is 1. The second-order valence-electron chi connectivity index (χ2n) is 9.01. The van der Waals surface area contributed by atoms with E-state index in [9.17, 15) is 9.90 Å². The van der Waals surface area contributed by atoms with Gasteiger partial charge in [0.05, 0.1) is 5.56 Å². The van der Waals surface area contributed by atoms with Crippen molar-refractivity contribution >= 4 is 0 Å². The van der Waals surface area contributed by atoms with E-state index in [4.69, 9.17) is 4.42 Å². The van der Waals surface area contributed by atoms with Crippen LogP contribution in [0.3, 0.4) is 0 Å². The Hall–Kier alpha value is -2.03. The van der Waals surface area contributed by atoms with Gasteiger partial charge in [-0.3, -0.25) is 0 Å². The summed E-state index contributed by atoms with van der Waals surface area (Å²) in [6, 6.07) is 10.2. The number of fused-ring (bicyclic) bond motifs is 1. The molecule has 3 nitrogen and oxygen atoms in total. The van der Waals surface area contributed by atoms with Crippen LogP contribution in [0.5, 0.6) is 5.75 Å². The first kappa shape index (κ1) is 20.3. The highest BCUT2D eigenvalue weighted by Gasteiger charge is 2.38. The topological polar surface area (TPSA) is 50.4 Å². The lowest BCUT2D eigenvalue weighted by Gasteiger charge is -2.23. The molecule has 1 N–H and O–H groups in total. The summed E-state index contributed by atoms with van der Waals surface area (Å²) in [6.07, 6.45) is 12.0. The van der Waals surface area contributed by atoms with Gasteiger partial charge in [0.15, 0.2) is 0 Å². The van der Waals surface area contributed by atoms with Gasteiger partial charge in [-0.2, -0.15) is 0 Å². The zero-order valence-electron chi connectivity index (χ0n) is 17.7. The van der Waals surface area contributed by atoms with Gasteiger partial charge >= 0.3 is 5.63 Å². The van der Waals surface area contributed by atoms with E-state index in [0.717, 1.165) is 68.3 Å². The fourth-order valence-corrected chi connectivity index (χ4v) is 5.11. The van der Waals surface area contributed by atoms with Crippen molar-refractivity contribution < 1.29 is 9.52 Å². The monoisotopic (exact) mass is 394 g/mol. The first-order valence-electron chi connectivity index (χ1n) is 11.6. The highest BCUT2D eigenvalue weighted by molar-refractivity contribution is 5.47. The van der Waals surface area contributed by atoms with Gasteiger partial charge in [-0.1, -0.05) is 69.4 Å². The molecule has 1 aromatic carbocycles. The second kappa shape index (κ2) is 9.19. The van der Waals surface area contributed by atoms with E-state index in [2.05, 4.69) is 19.1 Å². The van der Waals surface area contributed by atoms with Gasteiger partial charge in [-0.15, -0.1) is 0 Å². The van der Waals surface area contributed by atoms with Gasteiger partial charge in [0, 0.05) is 17.4 Å². The average Bonchev–Trinajstić information content (AvgIpc) is 3.55. The zero-order valence-corrected chi connectivity index (χ0v) is 17.7. The van der Waals surface area contributed by atoms with E-state index in [-0.39, 0.29) is 23.2 Å². The van der Waals surface area contributed by atoms with Crippen molar-refractivity contribution in [2.45, 2.75) is 89.4 Å². The Bertz CT molecular complexity index is 864. The second-order valence-corrected chi connectivity index (χ2v) is 9.01. The van der Waals surface area contributed by atoms with Crippen LogP contribution in [0.25, 0.3) is 0 Å². The van der Waals surface area contributed by atoms with E-state index in [1.54, 1.807) is 0 Å². The molecule has 2 aromatic rings. The van der Waals surface area contributed by atoms with Gasteiger partial charge in [0.25, 0.3) is 0 Å². The zero-order chi connectivity index (χ0) is 20.2. The van der Waals surface area contributed by atoms with Crippen LogP contribution in [-0.2, 0) is 6.42 Å². The van der Waals surface area contributed by atoms with Gasteiger partial charge in [-0.25, -0.2) is 4.79 Å². The molecule has 3 heteroatoms. The summed E-state index contributed by atoms with van der Waals surface area (Å²) in [4.78, 5) is 13.2. The van der Waals surface area contributed by atoms with Gasteiger partial charge in [-0.05, 0) is 50.0 Å². The number of hydrogen-bond acceptors (Lipinski definition) is 3. The molecule has 0 spiro atoms. The summed E-state index contributed by atoms with van der Waals surface area (Å²) in [5, 5.41) is 11.4. The van der Waals surface area contributed by atoms with Gasteiger partial charge < -0.3 is 9.52 Å². The molecule has 2 aliphatic rings. The molecule has 156 valence electrons. The molecule has 0 saturated heterocycles. The number of benzene rings is 1. The van der Waals surface area contributed by atoms with Crippen LogP contribution in [0.1, 0.15) is 105 Å². The predicted molar refractivity (Wildman–Crippen MR) is 117 cm³/mol. The SMILES string of the molecule is CCCCC1CCCCCCc2c1oc(=O)c(C(c1ccccc1)C1CC1)c2O. The van der Waals surface area contributed by atoms with Crippen LogP contribution in [-0.4, -0.2) is 5.11 Å². The Balaban J connectivity index is 1.81. The molecular formula is C26H34O3. The van der Waals surface area contributed by atoms with E-state index >= 15 is 0 Å².